The van der Waals surface area contributed by atoms with Crippen LogP contribution >= 0.6 is 0 Å². The molecule has 7 nitrogen and oxygen atoms in total. The summed E-state index contributed by atoms with van der Waals surface area (Å²) in [6.45, 7) is 8.50. The van der Waals surface area contributed by atoms with Gasteiger partial charge in [0.1, 0.15) is 11.5 Å². The minimum absolute atomic E-state index is 0.634. The fourth-order valence-electron chi connectivity index (χ4n) is 3.00. The topological polar surface area (TPSA) is 73.3 Å². The molecule has 0 saturated carbocycles. The molecule has 2 rings (SSSR count). The SMILES string of the molecule is CCNC(=NCCCOc1ccc(OC)cc1)NCCCOCC1CCOCC1. The van der Waals surface area contributed by atoms with Gasteiger partial charge in [-0.25, -0.2) is 0 Å². The van der Waals surface area contributed by atoms with Crippen molar-refractivity contribution in [3.63, 3.8) is 0 Å². The van der Waals surface area contributed by atoms with Gasteiger partial charge in [-0.1, -0.05) is 0 Å². The first-order valence-electron chi connectivity index (χ1n) is 10.8. The van der Waals surface area contributed by atoms with Crippen LogP contribution in [0.3, 0.4) is 0 Å². The fraction of sp³-hybridized carbons (Fsp3) is 0.682. The Bertz CT molecular complexity index is 560. The van der Waals surface area contributed by atoms with Gasteiger partial charge in [0.25, 0.3) is 0 Å². The van der Waals surface area contributed by atoms with E-state index < -0.39 is 0 Å². The number of hydrogen-bond donors (Lipinski definition) is 2. The lowest BCUT2D eigenvalue weighted by molar-refractivity contribution is 0.0203. The van der Waals surface area contributed by atoms with E-state index in [1.807, 2.05) is 24.3 Å². The van der Waals surface area contributed by atoms with Crippen LogP contribution in [0.25, 0.3) is 0 Å². The van der Waals surface area contributed by atoms with Gasteiger partial charge in [-0.3, -0.25) is 4.99 Å². The fourth-order valence-corrected chi connectivity index (χ4v) is 3.00. The van der Waals surface area contributed by atoms with E-state index in [-0.39, 0.29) is 0 Å². The van der Waals surface area contributed by atoms with Crippen LogP contribution in [0.5, 0.6) is 11.5 Å². The van der Waals surface area contributed by atoms with Crippen molar-refractivity contribution in [2.24, 2.45) is 10.9 Å². The number of hydrogen-bond acceptors (Lipinski definition) is 5. The Kier molecular flexibility index (Phi) is 12.0. The molecule has 1 fully saturated rings. The monoisotopic (exact) mass is 407 g/mol. The maximum atomic E-state index is 5.80. The van der Waals surface area contributed by atoms with Gasteiger partial charge in [0.05, 0.1) is 13.7 Å². The number of methoxy groups -OCH3 is 1. The third-order valence-corrected chi connectivity index (χ3v) is 4.70. The Morgan fingerprint density at radius 3 is 2.55 bits per heavy atom. The van der Waals surface area contributed by atoms with E-state index in [4.69, 9.17) is 18.9 Å². The predicted octanol–water partition coefficient (Wildman–Crippen LogP) is 2.85. The summed E-state index contributed by atoms with van der Waals surface area (Å²) in [7, 11) is 1.66. The van der Waals surface area contributed by atoms with Crippen molar-refractivity contribution in [2.75, 3.05) is 59.8 Å². The average Bonchev–Trinajstić information content (AvgIpc) is 2.77. The Morgan fingerprint density at radius 2 is 1.83 bits per heavy atom. The summed E-state index contributed by atoms with van der Waals surface area (Å²) < 4.78 is 22.1. The number of nitrogens with zero attached hydrogens (tertiary/aromatic N) is 1. The second-order valence-corrected chi connectivity index (χ2v) is 7.05. The zero-order chi connectivity index (χ0) is 20.6. The summed E-state index contributed by atoms with van der Waals surface area (Å²) in [5.74, 6) is 3.19. The lowest BCUT2D eigenvalue weighted by atomic mass is 10.0. The molecule has 1 saturated heterocycles. The zero-order valence-electron chi connectivity index (χ0n) is 18.0. The van der Waals surface area contributed by atoms with E-state index in [1.165, 1.54) is 0 Å². The van der Waals surface area contributed by atoms with Gasteiger partial charge in [0.2, 0.25) is 0 Å². The van der Waals surface area contributed by atoms with Gasteiger partial charge >= 0.3 is 0 Å². The first kappa shape index (κ1) is 23.3. The van der Waals surface area contributed by atoms with Gasteiger partial charge in [-0.05, 0) is 56.4 Å². The van der Waals surface area contributed by atoms with E-state index >= 15 is 0 Å². The van der Waals surface area contributed by atoms with Crippen LogP contribution in [0.15, 0.2) is 29.3 Å². The molecule has 29 heavy (non-hydrogen) atoms. The summed E-state index contributed by atoms with van der Waals surface area (Å²) in [5, 5.41) is 6.64. The normalized spacial score (nSPS) is 15.2. The third-order valence-electron chi connectivity index (χ3n) is 4.70. The molecule has 1 heterocycles. The second-order valence-electron chi connectivity index (χ2n) is 7.05. The minimum Gasteiger partial charge on any atom is -0.497 e. The number of ether oxygens (including phenoxy) is 4. The molecule has 1 aliphatic rings. The Labute approximate surface area is 175 Å². The third kappa shape index (κ3) is 10.4. The second kappa shape index (κ2) is 14.9. The van der Waals surface area contributed by atoms with E-state index in [0.29, 0.717) is 19.1 Å². The van der Waals surface area contributed by atoms with Crippen LogP contribution in [0.2, 0.25) is 0 Å². The molecule has 0 atom stereocenters. The molecule has 0 aliphatic carbocycles. The van der Waals surface area contributed by atoms with Crippen LogP contribution in [0.4, 0.5) is 0 Å². The average molecular weight is 408 g/mol. The summed E-state index contributed by atoms with van der Waals surface area (Å²) in [4.78, 5) is 4.60. The maximum absolute atomic E-state index is 5.80. The first-order chi connectivity index (χ1) is 14.3. The van der Waals surface area contributed by atoms with Crippen LogP contribution in [-0.4, -0.2) is 65.7 Å². The molecule has 0 bridgehead atoms. The molecule has 0 radical (unpaired) electrons. The summed E-state index contributed by atoms with van der Waals surface area (Å²) in [6, 6.07) is 7.62. The van der Waals surface area contributed by atoms with Gasteiger partial charge in [0.15, 0.2) is 5.96 Å². The van der Waals surface area contributed by atoms with Crippen molar-refractivity contribution >= 4 is 5.96 Å². The summed E-state index contributed by atoms with van der Waals surface area (Å²) >= 11 is 0. The van der Waals surface area contributed by atoms with E-state index in [9.17, 15) is 0 Å². The molecule has 0 spiro atoms. The van der Waals surface area contributed by atoms with Gasteiger partial charge < -0.3 is 29.6 Å². The van der Waals surface area contributed by atoms with Crippen LogP contribution in [0.1, 0.15) is 32.6 Å². The Hall–Kier alpha value is -1.99. The lowest BCUT2D eigenvalue weighted by Crippen LogP contribution is -2.38. The van der Waals surface area contributed by atoms with Crippen molar-refractivity contribution in [3.8, 4) is 11.5 Å². The maximum Gasteiger partial charge on any atom is 0.191 e. The molecule has 0 aromatic heterocycles. The number of nitrogens with one attached hydrogen (secondary N) is 2. The minimum atomic E-state index is 0.634. The van der Waals surface area contributed by atoms with E-state index in [0.717, 1.165) is 82.7 Å². The molecule has 1 aromatic carbocycles. The lowest BCUT2D eigenvalue weighted by Gasteiger charge is -2.21. The highest BCUT2D eigenvalue weighted by atomic mass is 16.5. The highest BCUT2D eigenvalue weighted by Gasteiger charge is 2.13. The van der Waals surface area contributed by atoms with Crippen molar-refractivity contribution in [1.82, 2.24) is 10.6 Å². The van der Waals surface area contributed by atoms with E-state index in [2.05, 4.69) is 22.5 Å². The largest absolute Gasteiger partial charge is 0.497 e. The Morgan fingerprint density at radius 1 is 1.07 bits per heavy atom. The summed E-state index contributed by atoms with van der Waals surface area (Å²) in [5.41, 5.74) is 0. The number of guanidine groups is 1. The van der Waals surface area contributed by atoms with Crippen molar-refractivity contribution in [2.45, 2.75) is 32.6 Å². The van der Waals surface area contributed by atoms with Crippen molar-refractivity contribution < 1.29 is 18.9 Å². The molecule has 1 aromatic rings. The molecule has 7 heteroatoms. The molecule has 1 aliphatic heterocycles. The molecule has 0 amide bonds. The van der Waals surface area contributed by atoms with Crippen LogP contribution in [-0.2, 0) is 9.47 Å². The van der Waals surface area contributed by atoms with E-state index in [1.54, 1.807) is 7.11 Å². The predicted molar refractivity (Wildman–Crippen MR) is 116 cm³/mol. The number of aliphatic imine (C=N–C) groups is 1. The van der Waals surface area contributed by atoms with Gasteiger partial charge in [0, 0.05) is 52.5 Å². The smallest absolute Gasteiger partial charge is 0.191 e. The Balaban J connectivity index is 1.53. The molecular formula is C22H37N3O4. The van der Waals surface area contributed by atoms with Gasteiger partial charge in [-0.2, -0.15) is 0 Å². The zero-order valence-corrected chi connectivity index (χ0v) is 18.0. The number of rotatable bonds is 13. The molecule has 164 valence electrons. The highest BCUT2D eigenvalue weighted by Crippen LogP contribution is 2.17. The molecule has 0 unspecified atom stereocenters. The van der Waals surface area contributed by atoms with Crippen molar-refractivity contribution in [1.29, 1.82) is 0 Å². The van der Waals surface area contributed by atoms with Crippen LogP contribution < -0.4 is 20.1 Å². The first-order valence-corrected chi connectivity index (χ1v) is 10.8. The standard InChI is InChI=1S/C22H37N3O4/c1-3-23-22(24-12-4-14-28-18-19-10-16-27-17-11-19)25-13-5-15-29-21-8-6-20(26-2)7-9-21/h6-9,19H,3-5,10-18H2,1-2H3,(H2,23,24,25). The van der Waals surface area contributed by atoms with Crippen molar-refractivity contribution in [3.05, 3.63) is 24.3 Å². The van der Waals surface area contributed by atoms with Gasteiger partial charge in [-0.15, -0.1) is 0 Å². The highest BCUT2D eigenvalue weighted by molar-refractivity contribution is 5.79. The number of benzene rings is 1. The molecular weight excluding hydrogens is 370 g/mol. The quantitative estimate of drug-likeness (QED) is 0.298. The summed E-state index contributed by atoms with van der Waals surface area (Å²) in [6.07, 6.45) is 4.07. The van der Waals surface area contributed by atoms with Crippen LogP contribution in [0, 0.1) is 5.92 Å². The molecule has 2 N–H and O–H groups in total.